The number of hydrogen-bond acceptors (Lipinski definition) is 5. The lowest BCUT2D eigenvalue weighted by Crippen LogP contribution is -2.00. The summed E-state index contributed by atoms with van der Waals surface area (Å²) in [6, 6.07) is 8.72. The van der Waals surface area contributed by atoms with E-state index in [9.17, 15) is 4.79 Å². The highest BCUT2D eigenvalue weighted by atomic mass is 35.5. The number of pyridine rings is 1. The Labute approximate surface area is 148 Å². The zero-order chi connectivity index (χ0) is 18.0. The number of aromatic nitrogens is 2. The van der Waals surface area contributed by atoms with Gasteiger partial charge in [0.25, 0.3) is 0 Å². The van der Waals surface area contributed by atoms with E-state index in [0.717, 1.165) is 5.56 Å². The van der Waals surface area contributed by atoms with Gasteiger partial charge in [-0.15, -0.1) is 10.2 Å². The summed E-state index contributed by atoms with van der Waals surface area (Å²) >= 11 is 6.14. The molecule has 2 heterocycles. The Kier molecular flexibility index (Phi) is 4.67. The highest BCUT2D eigenvalue weighted by Gasteiger charge is 2.15. The van der Waals surface area contributed by atoms with Crippen molar-refractivity contribution in [2.45, 2.75) is 13.3 Å². The van der Waals surface area contributed by atoms with Crippen molar-refractivity contribution in [3.8, 4) is 5.75 Å². The Balaban J connectivity index is 2.10. The molecular formula is C17H15ClN4O3. The van der Waals surface area contributed by atoms with Crippen LogP contribution in [0.4, 0.5) is 11.5 Å². The molecule has 1 aromatic carbocycles. The summed E-state index contributed by atoms with van der Waals surface area (Å²) in [4.78, 5) is 15.5. The lowest BCUT2D eigenvalue weighted by molar-refractivity contribution is -0.136. The van der Waals surface area contributed by atoms with Crippen molar-refractivity contribution >= 4 is 34.7 Å². The maximum Gasteiger partial charge on any atom is 0.309 e. The fourth-order valence-electron chi connectivity index (χ4n) is 2.35. The first-order valence-electron chi connectivity index (χ1n) is 7.42. The normalized spacial score (nSPS) is 11.3. The highest BCUT2D eigenvalue weighted by molar-refractivity contribution is 6.33. The number of halogens is 1. The minimum Gasteiger partial charge on any atom is -0.497 e. The van der Waals surface area contributed by atoms with Crippen LogP contribution in [0.3, 0.4) is 0 Å². The number of nitrogens with zero attached hydrogens (tertiary/aromatic N) is 4. The number of carboxylic acid groups (broad SMARTS) is 1. The predicted molar refractivity (Wildman–Crippen MR) is 93.4 cm³/mol. The minimum absolute atomic E-state index is 0.249. The van der Waals surface area contributed by atoms with Gasteiger partial charge in [0, 0.05) is 12.3 Å². The van der Waals surface area contributed by atoms with Crippen LogP contribution in [0.25, 0.3) is 5.65 Å². The summed E-state index contributed by atoms with van der Waals surface area (Å²) in [5, 5.41) is 17.9. The Bertz CT molecular complexity index is 981. The van der Waals surface area contributed by atoms with E-state index in [1.165, 1.54) is 0 Å². The number of methoxy groups -OCH3 is 1. The lowest BCUT2D eigenvalue weighted by atomic mass is 10.3. The van der Waals surface area contributed by atoms with Crippen LogP contribution in [-0.2, 0) is 11.2 Å². The highest BCUT2D eigenvalue weighted by Crippen LogP contribution is 2.32. The zero-order valence-electron chi connectivity index (χ0n) is 13.6. The standard InChI is InChI=1S/C17H15ClN4O3/c1-10-3-6-15-19-14(8-16(23)24)17(22(15)9-10)21-20-13-7-11(25-2)4-5-12(13)18/h3-7,9H,8H2,1-2H3,(H,23,24). The molecule has 0 unspecified atom stereocenters. The second kappa shape index (κ2) is 6.90. The first-order valence-corrected chi connectivity index (χ1v) is 7.80. The largest absolute Gasteiger partial charge is 0.497 e. The molecule has 25 heavy (non-hydrogen) atoms. The molecule has 0 aliphatic rings. The number of hydrogen-bond donors (Lipinski definition) is 1. The van der Waals surface area contributed by atoms with Crippen LogP contribution in [0.5, 0.6) is 5.75 Å². The number of azo groups is 1. The van der Waals surface area contributed by atoms with Gasteiger partial charge in [0.05, 0.1) is 24.2 Å². The first-order chi connectivity index (χ1) is 12.0. The number of carboxylic acids is 1. The van der Waals surface area contributed by atoms with E-state index in [0.29, 0.717) is 33.6 Å². The van der Waals surface area contributed by atoms with Crippen LogP contribution >= 0.6 is 11.6 Å². The van der Waals surface area contributed by atoms with E-state index in [1.807, 2.05) is 19.2 Å². The SMILES string of the molecule is COc1ccc(Cl)c(N=Nc2c(CC(=O)O)nc3ccc(C)cn23)c1. The van der Waals surface area contributed by atoms with Gasteiger partial charge in [-0.05, 0) is 30.7 Å². The van der Waals surface area contributed by atoms with Crippen molar-refractivity contribution in [3.63, 3.8) is 0 Å². The maximum absolute atomic E-state index is 11.1. The summed E-state index contributed by atoms with van der Waals surface area (Å²) in [5.41, 5.74) is 2.35. The van der Waals surface area contributed by atoms with Crippen LogP contribution in [0.15, 0.2) is 46.8 Å². The molecule has 3 rings (SSSR count). The van der Waals surface area contributed by atoms with Crippen molar-refractivity contribution in [2.75, 3.05) is 7.11 Å². The average Bonchev–Trinajstić information content (AvgIpc) is 2.90. The number of carbonyl (C=O) groups is 1. The van der Waals surface area contributed by atoms with E-state index in [-0.39, 0.29) is 6.42 Å². The number of aryl methyl sites for hydroxylation is 1. The second-order valence-electron chi connectivity index (χ2n) is 5.40. The summed E-state index contributed by atoms with van der Waals surface area (Å²) < 4.78 is 6.87. The molecule has 3 aromatic rings. The van der Waals surface area contributed by atoms with Crippen LogP contribution in [0.2, 0.25) is 5.02 Å². The van der Waals surface area contributed by atoms with Gasteiger partial charge in [0.1, 0.15) is 17.1 Å². The smallest absolute Gasteiger partial charge is 0.309 e. The van der Waals surface area contributed by atoms with Gasteiger partial charge in [-0.25, -0.2) is 4.98 Å². The average molecular weight is 359 g/mol. The summed E-state index contributed by atoms with van der Waals surface area (Å²) in [7, 11) is 1.54. The molecule has 7 nitrogen and oxygen atoms in total. The van der Waals surface area contributed by atoms with Gasteiger partial charge in [0.15, 0.2) is 5.82 Å². The van der Waals surface area contributed by atoms with Crippen molar-refractivity contribution in [2.24, 2.45) is 10.2 Å². The fourth-order valence-corrected chi connectivity index (χ4v) is 2.51. The Morgan fingerprint density at radius 2 is 2.12 bits per heavy atom. The van der Waals surface area contributed by atoms with E-state index >= 15 is 0 Å². The van der Waals surface area contributed by atoms with Crippen LogP contribution in [0.1, 0.15) is 11.3 Å². The number of imidazole rings is 1. The summed E-state index contributed by atoms with van der Waals surface area (Å²) in [6.45, 7) is 1.93. The van der Waals surface area contributed by atoms with Gasteiger partial charge in [-0.3, -0.25) is 9.20 Å². The molecule has 0 aliphatic heterocycles. The maximum atomic E-state index is 11.1. The van der Waals surface area contributed by atoms with Crippen molar-refractivity contribution < 1.29 is 14.6 Å². The van der Waals surface area contributed by atoms with Crippen molar-refractivity contribution in [3.05, 3.63) is 52.8 Å². The zero-order valence-corrected chi connectivity index (χ0v) is 14.4. The van der Waals surface area contributed by atoms with E-state index in [4.69, 9.17) is 21.4 Å². The van der Waals surface area contributed by atoms with E-state index in [1.54, 1.807) is 35.8 Å². The number of ether oxygens (including phenoxy) is 1. The number of aliphatic carboxylic acids is 1. The molecule has 8 heteroatoms. The molecule has 0 atom stereocenters. The summed E-state index contributed by atoms with van der Waals surface area (Å²) in [6.07, 6.45) is 1.58. The van der Waals surface area contributed by atoms with Crippen molar-refractivity contribution in [1.82, 2.24) is 9.38 Å². The molecule has 0 radical (unpaired) electrons. The molecule has 0 fully saturated rings. The molecule has 2 aromatic heterocycles. The number of rotatable bonds is 5. The molecular weight excluding hydrogens is 344 g/mol. The predicted octanol–water partition coefficient (Wildman–Crippen LogP) is 4.35. The summed E-state index contributed by atoms with van der Waals surface area (Å²) in [5.74, 6) is -0.0333. The van der Waals surface area contributed by atoms with Crippen molar-refractivity contribution in [1.29, 1.82) is 0 Å². The third-order valence-corrected chi connectivity index (χ3v) is 3.85. The van der Waals surface area contributed by atoms with Gasteiger partial charge in [0.2, 0.25) is 0 Å². The molecule has 0 bridgehead atoms. The van der Waals surface area contributed by atoms with Crippen LogP contribution in [-0.4, -0.2) is 27.6 Å². The van der Waals surface area contributed by atoms with E-state index in [2.05, 4.69) is 15.2 Å². The monoisotopic (exact) mass is 358 g/mol. The van der Waals surface area contributed by atoms with Gasteiger partial charge in [-0.2, -0.15) is 0 Å². The minimum atomic E-state index is -0.990. The number of benzene rings is 1. The van der Waals surface area contributed by atoms with Crippen LogP contribution < -0.4 is 4.74 Å². The Morgan fingerprint density at radius 3 is 2.84 bits per heavy atom. The molecule has 0 saturated heterocycles. The second-order valence-corrected chi connectivity index (χ2v) is 5.81. The third kappa shape index (κ3) is 3.61. The molecule has 0 saturated carbocycles. The molecule has 0 spiro atoms. The number of fused-ring (bicyclic) bond motifs is 1. The first kappa shape index (κ1) is 16.9. The molecule has 1 N–H and O–H groups in total. The van der Waals surface area contributed by atoms with Gasteiger partial charge >= 0.3 is 5.97 Å². The van der Waals surface area contributed by atoms with Gasteiger partial charge in [-0.1, -0.05) is 17.7 Å². The van der Waals surface area contributed by atoms with Crippen LogP contribution in [0, 0.1) is 6.92 Å². The molecule has 0 aliphatic carbocycles. The Hall–Kier alpha value is -2.93. The van der Waals surface area contributed by atoms with E-state index < -0.39 is 5.97 Å². The van der Waals surface area contributed by atoms with Gasteiger partial charge < -0.3 is 9.84 Å². The molecule has 128 valence electrons. The fraction of sp³-hybridized carbons (Fsp3) is 0.176. The Morgan fingerprint density at radius 1 is 1.32 bits per heavy atom. The lowest BCUT2D eigenvalue weighted by Gasteiger charge is -2.02. The quantitative estimate of drug-likeness (QED) is 0.687. The topological polar surface area (TPSA) is 88.5 Å². The molecule has 0 amide bonds. The third-order valence-electron chi connectivity index (χ3n) is 3.54.